The van der Waals surface area contributed by atoms with Crippen molar-refractivity contribution in [2.45, 2.75) is 6.42 Å². The van der Waals surface area contributed by atoms with Gasteiger partial charge in [0.05, 0.1) is 6.26 Å². The zero-order valence-corrected chi connectivity index (χ0v) is 10.7. The maximum absolute atomic E-state index is 13.2. The van der Waals surface area contributed by atoms with Crippen molar-refractivity contribution in [3.05, 3.63) is 59.9 Å². The summed E-state index contributed by atoms with van der Waals surface area (Å²) in [6.07, 6.45) is 3.91. The Morgan fingerprint density at radius 2 is 2.25 bits per heavy atom. The van der Waals surface area contributed by atoms with E-state index in [4.69, 9.17) is 4.42 Å². The van der Waals surface area contributed by atoms with E-state index in [1.54, 1.807) is 18.2 Å². The van der Waals surface area contributed by atoms with Gasteiger partial charge in [-0.05, 0) is 42.3 Å². The smallest absolute Gasteiger partial charge is 0.286 e. The fraction of sp³-hybridized carbons (Fsp3) is 0.133. The molecule has 1 amide bonds. The first kappa shape index (κ1) is 12.5. The maximum Gasteiger partial charge on any atom is 0.286 e. The summed E-state index contributed by atoms with van der Waals surface area (Å²) in [7, 11) is 0. The molecule has 0 fully saturated rings. The number of hydrogen-bond donors (Lipinski definition) is 2. The number of amides is 1. The van der Waals surface area contributed by atoms with E-state index in [9.17, 15) is 9.18 Å². The van der Waals surface area contributed by atoms with Crippen molar-refractivity contribution in [3.63, 3.8) is 0 Å². The molecule has 0 unspecified atom stereocenters. The molecule has 5 heteroatoms. The lowest BCUT2D eigenvalue weighted by Gasteiger charge is -2.02. The molecule has 0 radical (unpaired) electrons. The fourth-order valence-corrected chi connectivity index (χ4v) is 2.16. The van der Waals surface area contributed by atoms with Crippen LogP contribution in [0.2, 0.25) is 0 Å². The summed E-state index contributed by atoms with van der Waals surface area (Å²) in [5, 5.41) is 3.61. The Hall–Kier alpha value is -2.56. The Morgan fingerprint density at radius 1 is 1.35 bits per heavy atom. The lowest BCUT2D eigenvalue weighted by atomic mass is 10.1. The Kier molecular flexibility index (Phi) is 3.25. The maximum atomic E-state index is 13.2. The zero-order chi connectivity index (χ0) is 13.9. The van der Waals surface area contributed by atoms with E-state index >= 15 is 0 Å². The van der Waals surface area contributed by atoms with Crippen molar-refractivity contribution in [3.8, 4) is 0 Å². The second kappa shape index (κ2) is 5.21. The predicted molar refractivity (Wildman–Crippen MR) is 73.0 cm³/mol. The highest BCUT2D eigenvalue weighted by Crippen LogP contribution is 2.19. The van der Waals surface area contributed by atoms with E-state index in [0.29, 0.717) is 13.0 Å². The number of carbonyl (C=O) groups is 1. The van der Waals surface area contributed by atoms with Gasteiger partial charge in [0.2, 0.25) is 0 Å². The molecule has 2 aromatic heterocycles. The van der Waals surface area contributed by atoms with Gasteiger partial charge in [0, 0.05) is 23.6 Å². The Labute approximate surface area is 114 Å². The van der Waals surface area contributed by atoms with Crippen LogP contribution in [0.5, 0.6) is 0 Å². The van der Waals surface area contributed by atoms with Gasteiger partial charge in [-0.3, -0.25) is 4.79 Å². The van der Waals surface area contributed by atoms with Crippen LogP contribution in [0.1, 0.15) is 16.1 Å². The van der Waals surface area contributed by atoms with Gasteiger partial charge < -0.3 is 14.7 Å². The van der Waals surface area contributed by atoms with Gasteiger partial charge >= 0.3 is 0 Å². The minimum absolute atomic E-state index is 0.249. The van der Waals surface area contributed by atoms with Gasteiger partial charge in [0.1, 0.15) is 5.82 Å². The van der Waals surface area contributed by atoms with Gasteiger partial charge in [0.25, 0.3) is 5.91 Å². The van der Waals surface area contributed by atoms with Crippen LogP contribution in [-0.4, -0.2) is 17.4 Å². The predicted octanol–water partition coefficient (Wildman–Crippen LogP) is 2.87. The molecule has 2 heterocycles. The molecule has 2 N–H and O–H groups in total. The summed E-state index contributed by atoms with van der Waals surface area (Å²) in [6, 6.07) is 7.89. The average Bonchev–Trinajstić information content (AvgIpc) is 3.08. The SMILES string of the molecule is O=C(NCCc1c[nH]c2ccc(F)cc12)c1ccco1. The summed E-state index contributed by atoms with van der Waals surface area (Å²) in [5.41, 5.74) is 1.86. The first-order chi connectivity index (χ1) is 9.74. The molecule has 0 aliphatic heterocycles. The lowest BCUT2D eigenvalue weighted by Crippen LogP contribution is -2.25. The van der Waals surface area contributed by atoms with Crippen LogP contribution in [0, 0.1) is 5.82 Å². The van der Waals surface area contributed by atoms with Crippen molar-refractivity contribution >= 4 is 16.8 Å². The van der Waals surface area contributed by atoms with Crippen LogP contribution in [0.4, 0.5) is 4.39 Å². The highest BCUT2D eigenvalue weighted by Gasteiger charge is 2.09. The van der Waals surface area contributed by atoms with E-state index in [-0.39, 0.29) is 17.5 Å². The minimum atomic E-state index is -0.266. The summed E-state index contributed by atoms with van der Waals surface area (Å²) in [5.74, 6) is -0.228. The molecule has 3 aromatic rings. The highest BCUT2D eigenvalue weighted by molar-refractivity contribution is 5.91. The van der Waals surface area contributed by atoms with Crippen LogP contribution in [0.3, 0.4) is 0 Å². The standard InChI is InChI=1S/C15H13FN2O2/c16-11-3-4-13-12(8-11)10(9-18-13)5-6-17-15(19)14-2-1-7-20-14/h1-4,7-9,18H,5-6H2,(H,17,19). The van der Waals surface area contributed by atoms with Gasteiger partial charge in [-0.1, -0.05) is 0 Å². The van der Waals surface area contributed by atoms with Crippen molar-refractivity contribution in [1.82, 2.24) is 10.3 Å². The first-order valence-corrected chi connectivity index (χ1v) is 6.31. The molecule has 0 saturated carbocycles. The number of rotatable bonds is 4. The first-order valence-electron chi connectivity index (χ1n) is 6.31. The largest absolute Gasteiger partial charge is 0.459 e. The fourth-order valence-electron chi connectivity index (χ4n) is 2.16. The Balaban J connectivity index is 1.65. The van der Waals surface area contributed by atoms with Crippen molar-refractivity contribution < 1.29 is 13.6 Å². The molecule has 4 nitrogen and oxygen atoms in total. The van der Waals surface area contributed by atoms with Crippen LogP contribution in [0.25, 0.3) is 10.9 Å². The third kappa shape index (κ3) is 2.42. The highest BCUT2D eigenvalue weighted by atomic mass is 19.1. The normalized spacial score (nSPS) is 10.8. The number of nitrogens with one attached hydrogen (secondary N) is 2. The molecule has 20 heavy (non-hydrogen) atoms. The van der Waals surface area contributed by atoms with Crippen molar-refractivity contribution in [2.75, 3.05) is 6.54 Å². The number of hydrogen-bond acceptors (Lipinski definition) is 2. The summed E-state index contributed by atoms with van der Waals surface area (Å²) < 4.78 is 18.2. The van der Waals surface area contributed by atoms with E-state index in [0.717, 1.165) is 16.5 Å². The minimum Gasteiger partial charge on any atom is -0.459 e. The van der Waals surface area contributed by atoms with Gasteiger partial charge in [-0.2, -0.15) is 0 Å². The van der Waals surface area contributed by atoms with E-state index < -0.39 is 0 Å². The Bertz CT molecular complexity index is 732. The Morgan fingerprint density at radius 3 is 3.05 bits per heavy atom. The average molecular weight is 272 g/mol. The number of benzene rings is 1. The van der Waals surface area contributed by atoms with E-state index in [1.807, 2.05) is 6.20 Å². The van der Waals surface area contributed by atoms with Crippen molar-refractivity contribution in [2.24, 2.45) is 0 Å². The number of carbonyl (C=O) groups excluding carboxylic acids is 1. The monoisotopic (exact) mass is 272 g/mol. The number of aromatic nitrogens is 1. The van der Waals surface area contributed by atoms with Gasteiger partial charge in [-0.25, -0.2) is 4.39 Å². The molecular weight excluding hydrogens is 259 g/mol. The summed E-state index contributed by atoms with van der Waals surface area (Å²) >= 11 is 0. The number of H-pyrrole nitrogens is 1. The van der Waals surface area contributed by atoms with Crippen molar-refractivity contribution in [1.29, 1.82) is 0 Å². The van der Waals surface area contributed by atoms with Crippen LogP contribution < -0.4 is 5.32 Å². The van der Waals surface area contributed by atoms with Gasteiger partial charge in [-0.15, -0.1) is 0 Å². The molecule has 0 bridgehead atoms. The van der Waals surface area contributed by atoms with Crippen LogP contribution >= 0.6 is 0 Å². The molecule has 0 spiro atoms. The number of fused-ring (bicyclic) bond motifs is 1. The third-order valence-corrected chi connectivity index (χ3v) is 3.15. The lowest BCUT2D eigenvalue weighted by molar-refractivity contribution is 0.0926. The molecule has 0 saturated heterocycles. The molecule has 0 aliphatic carbocycles. The van der Waals surface area contributed by atoms with Crippen LogP contribution in [0.15, 0.2) is 47.2 Å². The number of furan rings is 1. The molecule has 1 aromatic carbocycles. The molecule has 3 rings (SSSR count). The third-order valence-electron chi connectivity index (χ3n) is 3.15. The zero-order valence-electron chi connectivity index (χ0n) is 10.7. The summed E-state index contributed by atoms with van der Waals surface area (Å²) in [6.45, 7) is 0.461. The van der Waals surface area contributed by atoms with Gasteiger partial charge in [0.15, 0.2) is 5.76 Å². The number of halogens is 1. The quantitative estimate of drug-likeness (QED) is 0.767. The second-order valence-electron chi connectivity index (χ2n) is 4.49. The molecule has 102 valence electrons. The van der Waals surface area contributed by atoms with Crippen LogP contribution in [-0.2, 0) is 6.42 Å². The topological polar surface area (TPSA) is 58.0 Å². The van der Waals surface area contributed by atoms with E-state index in [2.05, 4.69) is 10.3 Å². The summed E-state index contributed by atoms with van der Waals surface area (Å²) in [4.78, 5) is 14.8. The second-order valence-corrected chi connectivity index (χ2v) is 4.49. The van der Waals surface area contributed by atoms with E-state index in [1.165, 1.54) is 18.4 Å². The molecule has 0 aliphatic rings. The molecular formula is C15H13FN2O2. The number of aromatic amines is 1. The molecule has 0 atom stereocenters.